The van der Waals surface area contributed by atoms with Gasteiger partial charge in [0.2, 0.25) is 0 Å². The molecule has 1 aromatic carbocycles. The van der Waals surface area contributed by atoms with Crippen LogP contribution >= 0.6 is 23.2 Å². The minimum absolute atomic E-state index is 0.0383. The van der Waals surface area contributed by atoms with Gasteiger partial charge in [0.15, 0.2) is 0 Å². The molecule has 0 aliphatic rings. The van der Waals surface area contributed by atoms with Crippen molar-refractivity contribution in [1.29, 1.82) is 0 Å². The Labute approximate surface area is 139 Å². The molecule has 1 rings (SSSR count). The Hall–Kier alpha value is -0.280. The first-order valence-electron chi connectivity index (χ1n) is 7.59. The third-order valence-corrected chi connectivity index (χ3v) is 4.23. The highest BCUT2D eigenvalue weighted by Crippen LogP contribution is 2.31. The van der Waals surface area contributed by atoms with Crippen LogP contribution in [0.3, 0.4) is 0 Å². The van der Waals surface area contributed by atoms with Crippen LogP contribution in [0.1, 0.15) is 40.2 Å². The van der Waals surface area contributed by atoms with Crippen molar-refractivity contribution >= 4 is 23.2 Å². The number of ether oxygens (including phenoxy) is 1. The number of benzene rings is 1. The van der Waals surface area contributed by atoms with E-state index in [2.05, 4.69) is 33.0 Å². The van der Waals surface area contributed by atoms with Crippen LogP contribution in [-0.2, 0) is 11.2 Å². The number of halogens is 2. The first kappa shape index (κ1) is 18.8. The van der Waals surface area contributed by atoms with Crippen LogP contribution in [0.25, 0.3) is 0 Å². The zero-order valence-corrected chi connectivity index (χ0v) is 15.2. The lowest BCUT2D eigenvalue weighted by Crippen LogP contribution is -2.49. The van der Waals surface area contributed by atoms with Crippen LogP contribution in [0, 0.1) is 5.41 Å². The van der Waals surface area contributed by atoms with Gasteiger partial charge in [0.05, 0.1) is 6.10 Å². The van der Waals surface area contributed by atoms with Crippen molar-refractivity contribution < 1.29 is 4.74 Å². The highest BCUT2D eigenvalue weighted by atomic mass is 35.5. The first-order valence-corrected chi connectivity index (χ1v) is 8.34. The zero-order valence-electron chi connectivity index (χ0n) is 13.7. The van der Waals surface area contributed by atoms with Gasteiger partial charge >= 0.3 is 0 Å². The van der Waals surface area contributed by atoms with Crippen LogP contribution in [0.15, 0.2) is 18.2 Å². The van der Waals surface area contributed by atoms with E-state index in [1.165, 1.54) is 0 Å². The minimum Gasteiger partial charge on any atom is -0.376 e. The second kappa shape index (κ2) is 8.38. The Morgan fingerprint density at radius 2 is 1.71 bits per heavy atom. The lowest BCUT2D eigenvalue weighted by Gasteiger charge is -2.37. The first-order chi connectivity index (χ1) is 9.81. The van der Waals surface area contributed by atoms with Crippen LogP contribution in [-0.4, -0.2) is 25.3 Å². The SMILES string of the molecule is CCNC(Cc1c(Cl)cccc1Cl)C(OCC)C(C)(C)C. The fraction of sp³-hybridized carbons (Fsp3) is 0.647. The molecule has 4 heteroatoms. The molecule has 2 nitrogen and oxygen atoms in total. The molecule has 0 heterocycles. The average Bonchev–Trinajstić information content (AvgIpc) is 2.38. The molecule has 0 aliphatic heterocycles. The maximum atomic E-state index is 6.32. The third-order valence-electron chi connectivity index (χ3n) is 3.52. The molecule has 1 N–H and O–H groups in total. The van der Waals surface area contributed by atoms with Gasteiger partial charge in [0, 0.05) is 22.7 Å². The molecular weight excluding hydrogens is 305 g/mol. The Morgan fingerprint density at radius 3 is 2.14 bits per heavy atom. The molecule has 120 valence electrons. The van der Waals surface area contributed by atoms with Gasteiger partial charge in [-0.1, -0.05) is 57.0 Å². The summed E-state index contributed by atoms with van der Waals surface area (Å²) in [4.78, 5) is 0. The topological polar surface area (TPSA) is 21.3 Å². The van der Waals surface area contributed by atoms with Gasteiger partial charge in [0.1, 0.15) is 0 Å². The molecule has 0 radical (unpaired) electrons. The average molecular weight is 332 g/mol. The van der Waals surface area contributed by atoms with E-state index in [4.69, 9.17) is 27.9 Å². The molecule has 0 saturated carbocycles. The van der Waals surface area contributed by atoms with Crippen molar-refractivity contribution in [2.45, 2.75) is 53.2 Å². The number of hydrogen-bond acceptors (Lipinski definition) is 2. The summed E-state index contributed by atoms with van der Waals surface area (Å²) < 4.78 is 6.02. The Balaban J connectivity index is 3.05. The summed E-state index contributed by atoms with van der Waals surface area (Å²) in [5.41, 5.74) is 1.03. The van der Waals surface area contributed by atoms with E-state index in [0.29, 0.717) is 6.61 Å². The third kappa shape index (κ3) is 5.45. The van der Waals surface area contributed by atoms with Crippen LogP contribution < -0.4 is 5.32 Å². The molecule has 0 bridgehead atoms. The fourth-order valence-corrected chi connectivity index (χ4v) is 3.20. The quantitative estimate of drug-likeness (QED) is 0.761. The fourth-order valence-electron chi connectivity index (χ4n) is 2.64. The second-order valence-corrected chi connectivity index (χ2v) is 7.12. The largest absolute Gasteiger partial charge is 0.376 e. The molecule has 2 atom stereocenters. The standard InChI is InChI=1S/C17H27Cl2NO/c1-6-20-15(16(21-7-2)17(3,4)5)11-12-13(18)9-8-10-14(12)19/h8-10,15-16,20H,6-7,11H2,1-5H3. The van der Waals surface area contributed by atoms with E-state index in [1.807, 2.05) is 25.1 Å². The van der Waals surface area contributed by atoms with Crippen molar-refractivity contribution in [2.75, 3.05) is 13.2 Å². The van der Waals surface area contributed by atoms with Crippen molar-refractivity contribution in [3.05, 3.63) is 33.8 Å². The van der Waals surface area contributed by atoms with Crippen molar-refractivity contribution in [2.24, 2.45) is 5.41 Å². The molecule has 21 heavy (non-hydrogen) atoms. The number of rotatable bonds is 7. The highest BCUT2D eigenvalue weighted by molar-refractivity contribution is 6.36. The summed E-state index contributed by atoms with van der Waals surface area (Å²) in [6.07, 6.45) is 0.851. The van der Waals surface area contributed by atoms with Crippen LogP contribution in [0.4, 0.5) is 0 Å². The Kier molecular flexibility index (Phi) is 7.49. The van der Waals surface area contributed by atoms with E-state index >= 15 is 0 Å². The predicted molar refractivity (Wildman–Crippen MR) is 92.5 cm³/mol. The summed E-state index contributed by atoms with van der Waals surface area (Å²) >= 11 is 12.6. The molecule has 0 aliphatic carbocycles. The van der Waals surface area contributed by atoms with Crippen molar-refractivity contribution in [3.63, 3.8) is 0 Å². The smallest absolute Gasteiger partial charge is 0.0779 e. The lowest BCUT2D eigenvalue weighted by atomic mass is 9.82. The van der Waals surface area contributed by atoms with Gasteiger partial charge in [-0.3, -0.25) is 0 Å². The molecule has 0 fully saturated rings. The molecular formula is C17H27Cl2NO. The summed E-state index contributed by atoms with van der Waals surface area (Å²) in [6, 6.07) is 5.82. The second-order valence-electron chi connectivity index (χ2n) is 6.31. The maximum absolute atomic E-state index is 6.32. The molecule has 0 amide bonds. The Bertz CT molecular complexity index is 423. The van der Waals surface area contributed by atoms with E-state index in [9.17, 15) is 0 Å². The van der Waals surface area contributed by atoms with Crippen LogP contribution in [0.5, 0.6) is 0 Å². The molecule has 0 saturated heterocycles. The van der Waals surface area contributed by atoms with E-state index in [-0.39, 0.29) is 17.6 Å². The van der Waals surface area contributed by atoms with Gasteiger partial charge < -0.3 is 10.1 Å². The normalized spacial score (nSPS) is 15.0. The van der Waals surface area contributed by atoms with Gasteiger partial charge in [-0.05, 0) is 43.0 Å². The van der Waals surface area contributed by atoms with Crippen molar-refractivity contribution in [1.82, 2.24) is 5.32 Å². The molecule has 0 aromatic heterocycles. The predicted octanol–water partition coefficient (Wildman–Crippen LogP) is 4.97. The maximum Gasteiger partial charge on any atom is 0.0779 e. The lowest BCUT2D eigenvalue weighted by molar-refractivity contribution is -0.0352. The summed E-state index contributed by atoms with van der Waals surface area (Å²) in [5.74, 6) is 0. The van der Waals surface area contributed by atoms with Gasteiger partial charge in [0.25, 0.3) is 0 Å². The summed E-state index contributed by atoms with van der Waals surface area (Å²) in [6.45, 7) is 12.3. The van der Waals surface area contributed by atoms with Gasteiger partial charge in [-0.25, -0.2) is 0 Å². The molecule has 2 unspecified atom stereocenters. The summed E-state index contributed by atoms with van der Waals surface area (Å²) in [7, 11) is 0. The zero-order chi connectivity index (χ0) is 16.0. The van der Waals surface area contributed by atoms with Gasteiger partial charge in [-0.2, -0.15) is 0 Å². The van der Waals surface area contributed by atoms with E-state index < -0.39 is 0 Å². The van der Waals surface area contributed by atoms with Crippen molar-refractivity contribution in [3.8, 4) is 0 Å². The van der Waals surface area contributed by atoms with E-state index in [0.717, 1.165) is 28.6 Å². The van der Waals surface area contributed by atoms with Crippen LogP contribution in [0.2, 0.25) is 10.0 Å². The van der Waals surface area contributed by atoms with Gasteiger partial charge in [-0.15, -0.1) is 0 Å². The highest BCUT2D eigenvalue weighted by Gasteiger charge is 2.33. The minimum atomic E-state index is 0.0383. The van der Waals surface area contributed by atoms with E-state index in [1.54, 1.807) is 0 Å². The number of likely N-dealkylation sites (N-methyl/N-ethyl adjacent to an activating group) is 1. The molecule has 1 aromatic rings. The summed E-state index contributed by atoms with van der Waals surface area (Å²) in [5, 5.41) is 4.97. The number of hydrogen-bond donors (Lipinski definition) is 1. The molecule has 0 spiro atoms. The monoisotopic (exact) mass is 331 g/mol. The Morgan fingerprint density at radius 1 is 1.14 bits per heavy atom. The number of nitrogens with one attached hydrogen (secondary N) is 1.